The minimum absolute atomic E-state index is 0.0498. The van der Waals surface area contributed by atoms with Crippen molar-refractivity contribution in [1.82, 2.24) is 0 Å². The maximum absolute atomic E-state index is 12.8. The summed E-state index contributed by atoms with van der Waals surface area (Å²) in [7, 11) is 0. The summed E-state index contributed by atoms with van der Waals surface area (Å²) >= 11 is 0. The third-order valence-electron chi connectivity index (χ3n) is 3.72. The van der Waals surface area contributed by atoms with Gasteiger partial charge in [0.15, 0.2) is 6.61 Å². The van der Waals surface area contributed by atoms with Gasteiger partial charge in [-0.2, -0.15) is 0 Å². The highest BCUT2D eigenvalue weighted by molar-refractivity contribution is 5.94. The minimum Gasteiger partial charge on any atom is -0.456 e. The van der Waals surface area contributed by atoms with Crippen LogP contribution in [-0.4, -0.2) is 24.4 Å². The fraction of sp³-hybridized carbons (Fsp3) is 0.250. The van der Waals surface area contributed by atoms with Crippen molar-refractivity contribution < 1.29 is 23.5 Å². The highest BCUT2D eigenvalue weighted by atomic mass is 19.1. The number of carbonyl (C=O) groups excluding carboxylic acids is 3. The largest absolute Gasteiger partial charge is 0.456 e. The van der Waals surface area contributed by atoms with E-state index in [4.69, 9.17) is 4.74 Å². The topological polar surface area (TPSA) is 84.5 Å². The molecule has 0 atom stereocenters. The predicted molar refractivity (Wildman–Crippen MR) is 99.8 cm³/mol. The second-order valence-corrected chi connectivity index (χ2v) is 6.08. The van der Waals surface area contributed by atoms with Gasteiger partial charge in [0, 0.05) is 17.8 Å². The summed E-state index contributed by atoms with van der Waals surface area (Å²) in [4.78, 5) is 35.3. The summed E-state index contributed by atoms with van der Waals surface area (Å²) in [6.07, 6.45) is -0.188. The number of nitrogens with one attached hydrogen (secondary N) is 2. The number of esters is 1. The third-order valence-corrected chi connectivity index (χ3v) is 3.72. The van der Waals surface area contributed by atoms with E-state index in [1.807, 2.05) is 32.0 Å². The highest BCUT2D eigenvalue weighted by Gasteiger charge is 2.12. The molecule has 7 heteroatoms. The highest BCUT2D eigenvalue weighted by Crippen LogP contribution is 2.16. The van der Waals surface area contributed by atoms with Gasteiger partial charge in [-0.05, 0) is 55.3 Å². The average molecular weight is 372 g/mol. The van der Waals surface area contributed by atoms with E-state index in [1.165, 1.54) is 24.3 Å². The molecule has 2 N–H and O–H groups in total. The van der Waals surface area contributed by atoms with Crippen molar-refractivity contribution in [2.75, 3.05) is 17.2 Å². The first kappa shape index (κ1) is 20.1. The molecule has 0 aromatic heterocycles. The number of carbonyl (C=O) groups is 3. The Bertz CT molecular complexity index is 834. The number of anilines is 2. The van der Waals surface area contributed by atoms with Crippen molar-refractivity contribution in [3.63, 3.8) is 0 Å². The maximum Gasteiger partial charge on any atom is 0.306 e. The molecular formula is C20H21FN2O4. The van der Waals surface area contributed by atoms with Crippen molar-refractivity contribution in [1.29, 1.82) is 0 Å². The second kappa shape index (κ2) is 9.47. The van der Waals surface area contributed by atoms with Gasteiger partial charge >= 0.3 is 5.97 Å². The van der Waals surface area contributed by atoms with E-state index in [1.54, 1.807) is 0 Å². The van der Waals surface area contributed by atoms with Crippen molar-refractivity contribution in [2.45, 2.75) is 26.7 Å². The van der Waals surface area contributed by atoms with E-state index in [-0.39, 0.29) is 18.7 Å². The lowest BCUT2D eigenvalue weighted by molar-refractivity contribution is -0.147. The van der Waals surface area contributed by atoms with Gasteiger partial charge in [0.05, 0.1) is 6.42 Å². The first-order valence-corrected chi connectivity index (χ1v) is 8.41. The molecule has 0 aliphatic rings. The molecule has 0 saturated heterocycles. The number of aryl methyl sites for hydroxylation is 2. The number of halogens is 1. The first-order valence-electron chi connectivity index (χ1n) is 8.41. The van der Waals surface area contributed by atoms with E-state index in [2.05, 4.69) is 10.6 Å². The fourth-order valence-corrected chi connectivity index (χ4v) is 2.25. The van der Waals surface area contributed by atoms with Crippen LogP contribution in [0.3, 0.4) is 0 Å². The molecule has 142 valence electrons. The zero-order valence-corrected chi connectivity index (χ0v) is 15.2. The normalized spacial score (nSPS) is 10.2. The number of benzene rings is 2. The molecule has 0 bridgehead atoms. The van der Waals surface area contributed by atoms with E-state index in [0.717, 1.165) is 11.1 Å². The molecule has 0 heterocycles. The van der Waals surface area contributed by atoms with E-state index < -0.39 is 24.3 Å². The number of ether oxygens (including phenoxy) is 1. The Labute approximate surface area is 156 Å². The molecule has 0 saturated carbocycles. The molecule has 0 aliphatic carbocycles. The summed E-state index contributed by atoms with van der Waals surface area (Å²) in [6, 6.07) is 10.9. The van der Waals surface area contributed by atoms with Crippen LogP contribution in [0.4, 0.5) is 15.8 Å². The van der Waals surface area contributed by atoms with E-state index in [0.29, 0.717) is 11.4 Å². The summed E-state index contributed by atoms with van der Waals surface area (Å²) in [5.74, 6) is -1.93. The van der Waals surface area contributed by atoms with Crippen LogP contribution in [0.5, 0.6) is 0 Å². The smallest absolute Gasteiger partial charge is 0.306 e. The van der Waals surface area contributed by atoms with Crippen LogP contribution in [0.15, 0.2) is 42.5 Å². The molecule has 2 aromatic carbocycles. The molecule has 2 amide bonds. The maximum atomic E-state index is 12.8. The van der Waals surface area contributed by atoms with Crippen LogP contribution in [0, 0.1) is 19.7 Å². The minimum atomic E-state index is -0.652. The van der Waals surface area contributed by atoms with Gasteiger partial charge < -0.3 is 15.4 Å². The zero-order valence-electron chi connectivity index (χ0n) is 15.2. The third kappa shape index (κ3) is 6.89. The molecule has 0 fully saturated rings. The monoisotopic (exact) mass is 372 g/mol. The van der Waals surface area contributed by atoms with Gasteiger partial charge in [0.25, 0.3) is 5.91 Å². The Kier molecular flexibility index (Phi) is 7.05. The molecule has 2 rings (SSSR count). The molecule has 2 aromatic rings. The summed E-state index contributed by atoms with van der Waals surface area (Å²) in [5, 5.41) is 5.22. The van der Waals surface area contributed by atoms with Crippen molar-refractivity contribution in [2.24, 2.45) is 0 Å². The van der Waals surface area contributed by atoms with Gasteiger partial charge in [0.1, 0.15) is 5.82 Å². The Morgan fingerprint density at radius 2 is 1.63 bits per heavy atom. The Morgan fingerprint density at radius 1 is 0.926 bits per heavy atom. The number of hydrogen-bond donors (Lipinski definition) is 2. The Hall–Kier alpha value is -3.22. The molecule has 0 radical (unpaired) electrons. The zero-order chi connectivity index (χ0) is 19.8. The van der Waals surface area contributed by atoms with Crippen LogP contribution in [0.2, 0.25) is 0 Å². The lowest BCUT2D eigenvalue weighted by atomic mass is 10.1. The summed E-state index contributed by atoms with van der Waals surface area (Å²) in [5.41, 5.74) is 3.04. The average Bonchev–Trinajstić information content (AvgIpc) is 2.63. The van der Waals surface area contributed by atoms with Crippen LogP contribution in [-0.2, 0) is 19.1 Å². The number of rotatable bonds is 7. The molecule has 6 nitrogen and oxygen atoms in total. The van der Waals surface area contributed by atoms with Gasteiger partial charge in [-0.1, -0.05) is 12.1 Å². The molecule has 27 heavy (non-hydrogen) atoms. The quantitative estimate of drug-likeness (QED) is 0.730. The van der Waals surface area contributed by atoms with Gasteiger partial charge in [-0.3, -0.25) is 14.4 Å². The van der Waals surface area contributed by atoms with Gasteiger partial charge in [0.2, 0.25) is 5.91 Å². The van der Waals surface area contributed by atoms with Crippen molar-refractivity contribution in [3.05, 3.63) is 59.4 Å². The van der Waals surface area contributed by atoms with Crippen molar-refractivity contribution in [3.8, 4) is 0 Å². The Morgan fingerprint density at radius 3 is 2.33 bits per heavy atom. The fourth-order valence-electron chi connectivity index (χ4n) is 2.25. The Balaban J connectivity index is 1.70. The number of amides is 2. The summed E-state index contributed by atoms with van der Waals surface area (Å²) < 4.78 is 17.6. The SMILES string of the molecule is Cc1ccc(C)c(NC(=O)CCC(=O)OCC(=O)Nc2ccc(F)cc2)c1. The predicted octanol–water partition coefficient (Wildman–Crippen LogP) is 3.34. The number of hydrogen-bond acceptors (Lipinski definition) is 4. The van der Waals surface area contributed by atoms with Crippen molar-refractivity contribution >= 4 is 29.2 Å². The standard InChI is InChI=1S/C20H21FN2O4/c1-13-3-4-14(2)17(11-13)23-18(24)9-10-20(26)27-12-19(25)22-16-7-5-15(21)6-8-16/h3-8,11H,9-10,12H2,1-2H3,(H,22,25)(H,23,24). The van der Waals surface area contributed by atoms with Crippen LogP contribution < -0.4 is 10.6 Å². The van der Waals surface area contributed by atoms with Crippen LogP contribution in [0.25, 0.3) is 0 Å². The molecular weight excluding hydrogens is 351 g/mol. The molecule has 0 aliphatic heterocycles. The second-order valence-electron chi connectivity index (χ2n) is 6.08. The van der Waals surface area contributed by atoms with E-state index in [9.17, 15) is 18.8 Å². The lowest BCUT2D eigenvalue weighted by Crippen LogP contribution is -2.21. The first-order chi connectivity index (χ1) is 12.8. The van der Waals surface area contributed by atoms with Gasteiger partial charge in [-0.25, -0.2) is 4.39 Å². The summed E-state index contributed by atoms with van der Waals surface area (Å²) in [6.45, 7) is 3.32. The van der Waals surface area contributed by atoms with Crippen LogP contribution in [0.1, 0.15) is 24.0 Å². The molecule has 0 unspecified atom stereocenters. The van der Waals surface area contributed by atoms with Crippen LogP contribution >= 0.6 is 0 Å². The van der Waals surface area contributed by atoms with Gasteiger partial charge in [-0.15, -0.1) is 0 Å². The molecule has 0 spiro atoms. The lowest BCUT2D eigenvalue weighted by Gasteiger charge is -2.09. The van der Waals surface area contributed by atoms with E-state index >= 15 is 0 Å².